The van der Waals surface area contributed by atoms with Crippen molar-refractivity contribution >= 4 is 10.4 Å². The van der Waals surface area contributed by atoms with Crippen molar-refractivity contribution in [2.75, 3.05) is 66.1 Å². The second kappa shape index (κ2) is 38.7. The van der Waals surface area contributed by atoms with Gasteiger partial charge in [-0.1, -0.05) is 129 Å². The van der Waals surface area contributed by atoms with Gasteiger partial charge in [-0.05, 0) is 12.8 Å². The molecular formula is C32H68O9S. The smallest absolute Gasteiger partial charge is 0.379 e. The predicted octanol–water partition coefficient (Wildman–Crippen LogP) is 8.26. The van der Waals surface area contributed by atoms with Crippen molar-refractivity contribution in [2.45, 2.75) is 142 Å². The van der Waals surface area contributed by atoms with Gasteiger partial charge in [0.05, 0.1) is 52.9 Å². The van der Waals surface area contributed by atoms with Gasteiger partial charge in [0.1, 0.15) is 0 Å². The molecule has 0 fully saturated rings. The number of hydrogen-bond acceptors (Lipinski definition) is 7. The lowest BCUT2D eigenvalue weighted by Crippen LogP contribution is -2.13. The molecular weight excluding hydrogens is 560 g/mol. The van der Waals surface area contributed by atoms with Crippen LogP contribution in [0, 0.1) is 0 Å². The van der Waals surface area contributed by atoms with E-state index in [0.717, 1.165) is 13.2 Å². The summed E-state index contributed by atoms with van der Waals surface area (Å²) >= 11 is 0. The van der Waals surface area contributed by atoms with Gasteiger partial charge in [0.25, 0.3) is 0 Å². The van der Waals surface area contributed by atoms with E-state index in [1.54, 1.807) is 0 Å². The first-order chi connectivity index (χ1) is 20.4. The molecule has 0 saturated carbocycles. The number of hydrogen-bond donors (Lipinski definition) is 2. The summed E-state index contributed by atoms with van der Waals surface area (Å²) in [4.78, 5) is 0. The van der Waals surface area contributed by atoms with Crippen molar-refractivity contribution in [3.8, 4) is 0 Å². The largest absolute Gasteiger partial charge is 0.394 e. The maximum atomic E-state index is 8.74. The maximum absolute atomic E-state index is 8.74. The molecule has 0 radical (unpaired) electrons. The zero-order valence-electron chi connectivity index (χ0n) is 27.4. The van der Waals surface area contributed by atoms with Crippen LogP contribution >= 0.6 is 0 Å². The molecule has 9 nitrogen and oxygen atoms in total. The highest BCUT2D eigenvalue weighted by Gasteiger charge is 1.96. The van der Waals surface area contributed by atoms with Crippen molar-refractivity contribution in [3.63, 3.8) is 0 Å². The molecule has 2 N–H and O–H groups in total. The zero-order chi connectivity index (χ0) is 31.2. The molecule has 0 aliphatic heterocycles. The van der Waals surface area contributed by atoms with Crippen LogP contribution in [0.3, 0.4) is 0 Å². The van der Waals surface area contributed by atoms with Gasteiger partial charge in [0, 0.05) is 13.2 Å². The van der Waals surface area contributed by atoms with Gasteiger partial charge in [0.2, 0.25) is 0 Å². The molecule has 0 aromatic heterocycles. The number of ether oxygens (including phenoxy) is 5. The summed E-state index contributed by atoms with van der Waals surface area (Å²) in [6, 6.07) is 0. The molecule has 0 unspecified atom stereocenters. The summed E-state index contributed by atoms with van der Waals surface area (Å²) in [5.41, 5.74) is 0. The van der Waals surface area contributed by atoms with E-state index in [1.807, 2.05) is 0 Å². The summed E-state index contributed by atoms with van der Waals surface area (Å²) in [7, 11) is -4.67. The lowest BCUT2D eigenvalue weighted by Gasteiger charge is -2.08. The third-order valence-corrected chi connectivity index (χ3v) is 6.77. The van der Waals surface area contributed by atoms with E-state index in [9.17, 15) is 0 Å². The Hall–Kier alpha value is -0.330. The molecule has 0 rings (SSSR count). The van der Waals surface area contributed by atoms with Crippen LogP contribution in [0.5, 0.6) is 0 Å². The van der Waals surface area contributed by atoms with E-state index in [2.05, 4.69) is 13.8 Å². The second-order valence-electron chi connectivity index (χ2n) is 10.9. The quantitative estimate of drug-likeness (QED) is 0.0536. The van der Waals surface area contributed by atoms with Crippen molar-refractivity contribution in [1.29, 1.82) is 0 Å². The van der Waals surface area contributed by atoms with E-state index < -0.39 is 10.4 Å². The molecule has 0 heterocycles. The van der Waals surface area contributed by atoms with Crippen LogP contribution in [0.25, 0.3) is 0 Å². The Bertz CT molecular complexity index is 534. The summed E-state index contributed by atoms with van der Waals surface area (Å²) in [5, 5.41) is 0. The first-order valence-corrected chi connectivity index (χ1v) is 18.4. The summed E-state index contributed by atoms with van der Waals surface area (Å²) < 4.78 is 59.5. The van der Waals surface area contributed by atoms with Crippen LogP contribution in [-0.4, -0.2) is 83.6 Å². The third-order valence-electron chi connectivity index (χ3n) is 6.77. The molecule has 42 heavy (non-hydrogen) atoms. The van der Waals surface area contributed by atoms with E-state index >= 15 is 0 Å². The molecule has 0 bridgehead atoms. The summed E-state index contributed by atoms with van der Waals surface area (Å²) in [6.45, 7) is 11.4. The highest BCUT2D eigenvalue weighted by molar-refractivity contribution is 7.79. The van der Waals surface area contributed by atoms with Gasteiger partial charge in [-0.15, -0.1) is 0 Å². The highest BCUT2D eigenvalue weighted by Crippen LogP contribution is 2.11. The monoisotopic (exact) mass is 628 g/mol. The van der Waals surface area contributed by atoms with Gasteiger partial charge in [-0.2, -0.15) is 8.42 Å². The van der Waals surface area contributed by atoms with E-state index in [4.69, 9.17) is 41.2 Å². The van der Waals surface area contributed by atoms with Crippen LogP contribution in [0.2, 0.25) is 0 Å². The van der Waals surface area contributed by atoms with Gasteiger partial charge >= 0.3 is 10.4 Å². The van der Waals surface area contributed by atoms with Crippen molar-refractivity contribution in [3.05, 3.63) is 0 Å². The van der Waals surface area contributed by atoms with E-state index in [1.165, 1.54) is 128 Å². The van der Waals surface area contributed by atoms with Crippen molar-refractivity contribution < 1.29 is 41.2 Å². The molecule has 0 aliphatic carbocycles. The lowest BCUT2D eigenvalue weighted by molar-refractivity contribution is -0.0114. The molecule has 256 valence electrons. The Morgan fingerprint density at radius 3 is 0.714 bits per heavy atom. The molecule has 0 aromatic carbocycles. The fourth-order valence-corrected chi connectivity index (χ4v) is 4.36. The third kappa shape index (κ3) is 52.3. The molecule has 0 spiro atoms. The van der Waals surface area contributed by atoms with Crippen LogP contribution in [0.4, 0.5) is 0 Å². The maximum Gasteiger partial charge on any atom is 0.394 e. The molecule has 0 amide bonds. The minimum Gasteiger partial charge on any atom is -0.379 e. The second-order valence-corrected chi connectivity index (χ2v) is 11.8. The van der Waals surface area contributed by atoms with Crippen LogP contribution < -0.4 is 0 Å². The standard InChI is InChI=1S/C32H66O5.H2O4S/c1-3-5-7-9-11-13-15-17-19-21-23-33-25-27-35-29-31-37-32-30-36-28-26-34-24-22-20-18-16-14-12-10-8-6-4-2;1-5(2,3)4/h3-32H2,1-2H3;(H2,1,2,3,4). The average molecular weight is 629 g/mol. The van der Waals surface area contributed by atoms with Crippen LogP contribution in [0.15, 0.2) is 0 Å². The normalized spacial score (nSPS) is 11.5. The van der Waals surface area contributed by atoms with Crippen LogP contribution in [-0.2, 0) is 34.1 Å². The fraction of sp³-hybridized carbons (Fsp3) is 1.00. The van der Waals surface area contributed by atoms with Gasteiger partial charge < -0.3 is 23.7 Å². The Balaban J connectivity index is 0. The highest BCUT2D eigenvalue weighted by atomic mass is 32.3. The van der Waals surface area contributed by atoms with E-state index in [0.29, 0.717) is 52.9 Å². The minimum atomic E-state index is -4.67. The van der Waals surface area contributed by atoms with E-state index in [-0.39, 0.29) is 0 Å². The Labute approximate surface area is 259 Å². The Morgan fingerprint density at radius 1 is 0.333 bits per heavy atom. The van der Waals surface area contributed by atoms with Gasteiger partial charge in [-0.25, -0.2) is 0 Å². The molecule has 0 aliphatic rings. The zero-order valence-corrected chi connectivity index (χ0v) is 28.2. The van der Waals surface area contributed by atoms with Crippen molar-refractivity contribution in [1.82, 2.24) is 0 Å². The molecule has 10 heteroatoms. The van der Waals surface area contributed by atoms with Crippen LogP contribution in [0.1, 0.15) is 142 Å². The Kier molecular flexibility index (Phi) is 40.4. The van der Waals surface area contributed by atoms with Crippen molar-refractivity contribution in [2.24, 2.45) is 0 Å². The Morgan fingerprint density at radius 2 is 0.500 bits per heavy atom. The first kappa shape index (κ1) is 43.8. The fourth-order valence-electron chi connectivity index (χ4n) is 4.36. The number of unbranched alkanes of at least 4 members (excludes halogenated alkanes) is 18. The molecule has 0 aromatic rings. The SMILES string of the molecule is CCCCCCCCCCCCOCCOCCOCCOCCOCCCCCCCCCCCC.O=S(=O)(O)O. The summed E-state index contributed by atoms with van der Waals surface area (Å²) in [5.74, 6) is 0. The lowest BCUT2D eigenvalue weighted by atomic mass is 10.1. The molecule has 0 saturated heterocycles. The average Bonchev–Trinajstić information content (AvgIpc) is 2.94. The first-order valence-electron chi connectivity index (χ1n) is 17.0. The van der Waals surface area contributed by atoms with Gasteiger partial charge in [0.15, 0.2) is 0 Å². The molecule has 0 atom stereocenters. The topological polar surface area (TPSA) is 121 Å². The summed E-state index contributed by atoms with van der Waals surface area (Å²) in [6.07, 6.45) is 27.2. The number of rotatable bonds is 34. The minimum absolute atomic E-state index is 0.608. The van der Waals surface area contributed by atoms with Gasteiger partial charge in [-0.3, -0.25) is 9.11 Å². The predicted molar refractivity (Wildman–Crippen MR) is 172 cm³/mol.